The Bertz CT molecular complexity index is 436. The second kappa shape index (κ2) is 9.21. The predicted octanol–water partition coefficient (Wildman–Crippen LogP) is 3.56. The fourth-order valence-electron chi connectivity index (χ4n) is 3.32. The second-order valence-electron chi connectivity index (χ2n) is 6.66. The minimum Gasteiger partial charge on any atom is -0.465 e. The largest absolute Gasteiger partial charge is 0.465 e. The monoisotopic (exact) mass is 338 g/mol. The maximum atomic E-state index is 12.7. The van der Waals surface area contributed by atoms with Crippen molar-refractivity contribution in [2.75, 3.05) is 19.8 Å². The minimum atomic E-state index is -1.27. The first kappa shape index (κ1) is 19.0. The van der Waals surface area contributed by atoms with Gasteiger partial charge in [0.2, 0.25) is 0 Å². The van der Waals surface area contributed by atoms with Crippen molar-refractivity contribution >= 4 is 11.9 Å². The van der Waals surface area contributed by atoms with Gasteiger partial charge in [-0.25, -0.2) is 0 Å². The van der Waals surface area contributed by atoms with Gasteiger partial charge in [0.15, 0.2) is 5.41 Å². The number of carbonyl (C=O) groups excluding carboxylic acids is 2. The standard InChI is InChI=1S/C19H30O5/c1-3-22-17(20)19(13-16-14-24-16,18(21)23-4-2)12-11-15-9-7-5-6-8-10-15/h11,16H,3-10,12-14H2,1-2H3. The zero-order chi connectivity index (χ0) is 17.4. The van der Waals surface area contributed by atoms with Crippen molar-refractivity contribution < 1.29 is 23.8 Å². The SMILES string of the molecule is CCOC(=O)C(CC=C1CCCCCC1)(CC1CO1)C(=O)OCC. The predicted molar refractivity (Wildman–Crippen MR) is 90.5 cm³/mol. The summed E-state index contributed by atoms with van der Waals surface area (Å²) in [5, 5.41) is 0. The number of allylic oxidation sites excluding steroid dienone is 2. The van der Waals surface area contributed by atoms with Crippen LogP contribution >= 0.6 is 0 Å². The van der Waals surface area contributed by atoms with Crippen LogP contribution in [0, 0.1) is 5.41 Å². The number of hydrogen-bond donors (Lipinski definition) is 0. The lowest BCUT2D eigenvalue weighted by molar-refractivity contribution is -0.173. The van der Waals surface area contributed by atoms with Gasteiger partial charge in [-0.15, -0.1) is 0 Å². The van der Waals surface area contributed by atoms with E-state index in [0.29, 0.717) is 19.4 Å². The zero-order valence-electron chi connectivity index (χ0n) is 15.0. The molecule has 136 valence electrons. The second-order valence-corrected chi connectivity index (χ2v) is 6.66. The Morgan fingerprint density at radius 2 is 1.62 bits per heavy atom. The molecule has 0 spiro atoms. The Balaban J connectivity index is 2.21. The average molecular weight is 338 g/mol. The molecule has 24 heavy (non-hydrogen) atoms. The average Bonchev–Trinajstić information content (AvgIpc) is 3.39. The topological polar surface area (TPSA) is 65.1 Å². The van der Waals surface area contributed by atoms with Crippen LogP contribution in [0.15, 0.2) is 11.6 Å². The molecule has 0 aromatic heterocycles. The summed E-state index contributed by atoms with van der Waals surface area (Å²) in [6.45, 7) is 4.61. The van der Waals surface area contributed by atoms with Gasteiger partial charge < -0.3 is 14.2 Å². The zero-order valence-corrected chi connectivity index (χ0v) is 15.0. The summed E-state index contributed by atoms with van der Waals surface area (Å²) >= 11 is 0. The van der Waals surface area contributed by atoms with E-state index < -0.39 is 17.4 Å². The quantitative estimate of drug-likeness (QED) is 0.223. The molecule has 1 aliphatic heterocycles. The van der Waals surface area contributed by atoms with Gasteiger partial charge in [0.25, 0.3) is 0 Å². The summed E-state index contributed by atoms with van der Waals surface area (Å²) in [6, 6.07) is 0. The molecule has 1 atom stereocenters. The van der Waals surface area contributed by atoms with Crippen molar-refractivity contribution in [2.24, 2.45) is 5.41 Å². The number of carbonyl (C=O) groups is 2. The molecule has 0 bridgehead atoms. The van der Waals surface area contributed by atoms with E-state index in [0.717, 1.165) is 12.8 Å². The van der Waals surface area contributed by atoms with Crippen LogP contribution in [0.25, 0.3) is 0 Å². The number of hydrogen-bond acceptors (Lipinski definition) is 5. The van der Waals surface area contributed by atoms with E-state index in [2.05, 4.69) is 6.08 Å². The molecule has 1 saturated carbocycles. The van der Waals surface area contributed by atoms with Gasteiger partial charge >= 0.3 is 11.9 Å². The highest BCUT2D eigenvalue weighted by molar-refractivity contribution is 6.00. The smallest absolute Gasteiger partial charge is 0.323 e. The number of rotatable bonds is 8. The third kappa shape index (κ3) is 5.07. The van der Waals surface area contributed by atoms with E-state index in [1.807, 2.05) is 0 Å². The maximum absolute atomic E-state index is 12.7. The van der Waals surface area contributed by atoms with Crippen LogP contribution in [-0.4, -0.2) is 37.9 Å². The lowest BCUT2D eigenvalue weighted by atomic mass is 9.79. The normalized spacial score (nSPS) is 20.9. The summed E-state index contributed by atoms with van der Waals surface area (Å²) in [4.78, 5) is 25.4. The van der Waals surface area contributed by atoms with E-state index >= 15 is 0 Å². The highest BCUT2D eigenvalue weighted by Crippen LogP contribution is 2.38. The van der Waals surface area contributed by atoms with E-state index in [1.54, 1.807) is 13.8 Å². The third-order valence-electron chi connectivity index (χ3n) is 4.80. The minimum absolute atomic E-state index is 0.0497. The molecule has 0 radical (unpaired) electrons. The highest BCUT2D eigenvalue weighted by Gasteiger charge is 2.51. The lowest BCUT2D eigenvalue weighted by Crippen LogP contribution is -2.43. The van der Waals surface area contributed by atoms with Gasteiger partial charge in [0, 0.05) is 6.42 Å². The van der Waals surface area contributed by atoms with Crippen LogP contribution in [0.2, 0.25) is 0 Å². The van der Waals surface area contributed by atoms with E-state index in [9.17, 15) is 9.59 Å². The first-order chi connectivity index (χ1) is 11.6. The Hall–Kier alpha value is -1.36. The van der Waals surface area contributed by atoms with Crippen molar-refractivity contribution in [2.45, 2.75) is 71.3 Å². The van der Waals surface area contributed by atoms with Gasteiger partial charge in [-0.05, 0) is 46.0 Å². The van der Waals surface area contributed by atoms with E-state index in [1.165, 1.54) is 31.3 Å². The summed E-state index contributed by atoms with van der Waals surface area (Å²) in [6.07, 6.45) is 9.72. The molecule has 1 unspecified atom stereocenters. The molecule has 1 saturated heterocycles. The van der Waals surface area contributed by atoms with Crippen molar-refractivity contribution in [1.29, 1.82) is 0 Å². The summed E-state index contributed by atoms with van der Waals surface area (Å²) in [5.74, 6) is -0.964. The fraction of sp³-hybridized carbons (Fsp3) is 0.789. The van der Waals surface area contributed by atoms with Crippen LogP contribution in [-0.2, 0) is 23.8 Å². The van der Waals surface area contributed by atoms with Crippen LogP contribution < -0.4 is 0 Å². The Labute approximate surface area is 144 Å². The molecular formula is C19H30O5. The van der Waals surface area contributed by atoms with E-state index in [-0.39, 0.29) is 19.3 Å². The van der Waals surface area contributed by atoms with Crippen LogP contribution in [0.4, 0.5) is 0 Å². The number of epoxide rings is 1. The third-order valence-corrected chi connectivity index (χ3v) is 4.80. The van der Waals surface area contributed by atoms with Gasteiger partial charge in [0.05, 0.1) is 25.9 Å². The maximum Gasteiger partial charge on any atom is 0.323 e. The number of ether oxygens (including phenoxy) is 3. The van der Waals surface area contributed by atoms with Crippen LogP contribution in [0.5, 0.6) is 0 Å². The molecule has 0 N–H and O–H groups in total. The van der Waals surface area contributed by atoms with Gasteiger partial charge in [-0.1, -0.05) is 24.5 Å². The Kier molecular flexibility index (Phi) is 7.28. The molecule has 1 heterocycles. The molecule has 1 aliphatic carbocycles. The summed E-state index contributed by atoms with van der Waals surface area (Å²) in [7, 11) is 0. The van der Waals surface area contributed by atoms with Crippen molar-refractivity contribution in [3.8, 4) is 0 Å². The first-order valence-corrected chi connectivity index (χ1v) is 9.26. The van der Waals surface area contributed by atoms with Gasteiger partial charge in [0.1, 0.15) is 0 Å². The number of esters is 2. The Morgan fingerprint density at radius 1 is 1.08 bits per heavy atom. The molecule has 5 nitrogen and oxygen atoms in total. The highest BCUT2D eigenvalue weighted by atomic mass is 16.6. The van der Waals surface area contributed by atoms with Crippen LogP contribution in [0.3, 0.4) is 0 Å². The molecule has 2 fully saturated rings. The van der Waals surface area contributed by atoms with Gasteiger partial charge in [-0.3, -0.25) is 9.59 Å². The van der Waals surface area contributed by atoms with Crippen LogP contribution in [0.1, 0.15) is 65.2 Å². The van der Waals surface area contributed by atoms with E-state index in [4.69, 9.17) is 14.2 Å². The van der Waals surface area contributed by atoms with Crippen molar-refractivity contribution in [1.82, 2.24) is 0 Å². The molecular weight excluding hydrogens is 308 g/mol. The Morgan fingerprint density at radius 3 is 2.08 bits per heavy atom. The fourth-order valence-corrected chi connectivity index (χ4v) is 3.32. The van der Waals surface area contributed by atoms with Crippen molar-refractivity contribution in [3.05, 3.63) is 11.6 Å². The lowest BCUT2D eigenvalue weighted by Gasteiger charge is -2.28. The molecule has 5 heteroatoms. The molecule has 2 aliphatic rings. The molecule has 0 aromatic rings. The summed E-state index contributed by atoms with van der Waals surface area (Å²) in [5.41, 5.74) is 0.0779. The summed E-state index contributed by atoms with van der Waals surface area (Å²) < 4.78 is 15.8. The van der Waals surface area contributed by atoms with Crippen molar-refractivity contribution in [3.63, 3.8) is 0 Å². The molecule has 2 rings (SSSR count). The van der Waals surface area contributed by atoms with Gasteiger partial charge in [-0.2, -0.15) is 0 Å². The molecule has 0 amide bonds. The first-order valence-electron chi connectivity index (χ1n) is 9.26. The molecule has 0 aromatic carbocycles.